The van der Waals surface area contributed by atoms with Crippen LogP contribution in [0.2, 0.25) is 0 Å². The van der Waals surface area contributed by atoms with Gasteiger partial charge in [0.15, 0.2) is 0 Å². The number of hydrogen-bond acceptors (Lipinski definition) is 4. The van der Waals surface area contributed by atoms with Crippen molar-refractivity contribution in [2.24, 2.45) is 11.7 Å². The fraction of sp³-hybridized carbons (Fsp3) is 0.917. The van der Waals surface area contributed by atoms with Gasteiger partial charge >= 0.3 is 5.97 Å². The van der Waals surface area contributed by atoms with Crippen LogP contribution in [0.1, 0.15) is 33.1 Å². The summed E-state index contributed by atoms with van der Waals surface area (Å²) < 4.78 is 5.05. The van der Waals surface area contributed by atoms with Gasteiger partial charge in [0.25, 0.3) is 0 Å². The predicted molar refractivity (Wildman–Crippen MR) is 64.1 cm³/mol. The first kappa shape index (κ1) is 13.5. The lowest BCUT2D eigenvalue weighted by molar-refractivity contribution is -0.149. The van der Waals surface area contributed by atoms with E-state index in [2.05, 4.69) is 11.8 Å². The molecule has 1 unspecified atom stereocenters. The Morgan fingerprint density at radius 3 is 2.62 bits per heavy atom. The molecule has 0 amide bonds. The fourth-order valence-corrected chi connectivity index (χ4v) is 2.26. The fourth-order valence-electron chi connectivity index (χ4n) is 2.26. The number of likely N-dealkylation sites (tertiary alicyclic amines) is 1. The second-order valence-corrected chi connectivity index (χ2v) is 4.49. The number of rotatable bonds is 5. The molecule has 1 heterocycles. The van der Waals surface area contributed by atoms with Gasteiger partial charge in [0.2, 0.25) is 0 Å². The Bertz CT molecular complexity index is 213. The van der Waals surface area contributed by atoms with Crippen molar-refractivity contribution in [1.29, 1.82) is 0 Å². The standard InChI is InChI=1S/C12H24N2O2/c1-3-16-12(15)11-5-8-14(9-6-11)10(2)4-7-13/h10-11H,3-9,13H2,1-2H3. The smallest absolute Gasteiger partial charge is 0.309 e. The molecule has 1 atom stereocenters. The van der Waals surface area contributed by atoms with Crippen molar-refractivity contribution >= 4 is 5.97 Å². The number of nitrogens with two attached hydrogens (primary N) is 1. The summed E-state index contributed by atoms with van der Waals surface area (Å²) in [6.45, 7) is 7.27. The SMILES string of the molecule is CCOC(=O)C1CCN(C(C)CCN)CC1. The number of ether oxygens (including phenoxy) is 1. The molecule has 1 fully saturated rings. The maximum absolute atomic E-state index is 11.5. The quantitative estimate of drug-likeness (QED) is 0.713. The minimum atomic E-state index is -0.0198. The number of piperidine rings is 1. The third-order valence-corrected chi connectivity index (χ3v) is 3.36. The lowest BCUT2D eigenvalue weighted by Crippen LogP contribution is -2.42. The molecule has 0 aromatic heterocycles. The molecule has 1 saturated heterocycles. The molecule has 4 nitrogen and oxygen atoms in total. The highest BCUT2D eigenvalue weighted by molar-refractivity contribution is 5.72. The van der Waals surface area contributed by atoms with Gasteiger partial charge in [-0.1, -0.05) is 0 Å². The first-order valence-electron chi connectivity index (χ1n) is 6.29. The summed E-state index contributed by atoms with van der Waals surface area (Å²) in [5, 5.41) is 0. The normalized spacial score (nSPS) is 20.7. The van der Waals surface area contributed by atoms with Crippen molar-refractivity contribution in [2.45, 2.75) is 39.2 Å². The number of carbonyl (C=O) groups excluding carboxylic acids is 1. The predicted octanol–water partition coefficient (Wildman–Crippen LogP) is 0.999. The van der Waals surface area contributed by atoms with E-state index in [0.717, 1.165) is 38.9 Å². The van der Waals surface area contributed by atoms with E-state index in [1.54, 1.807) is 0 Å². The van der Waals surface area contributed by atoms with E-state index in [0.29, 0.717) is 12.6 Å². The number of hydrogen-bond donors (Lipinski definition) is 1. The van der Waals surface area contributed by atoms with E-state index in [4.69, 9.17) is 10.5 Å². The van der Waals surface area contributed by atoms with Crippen LogP contribution in [-0.4, -0.2) is 43.2 Å². The molecule has 16 heavy (non-hydrogen) atoms. The van der Waals surface area contributed by atoms with Gasteiger partial charge in [-0.05, 0) is 52.7 Å². The first-order chi connectivity index (χ1) is 7.69. The molecule has 0 radical (unpaired) electrons. The molecule has 94 valence electrons. The molecule has 2 N–H and O–H groups in total. The van der Waals surface area contributed by atoms with Crippen LogP contribution in [0.25, 0.3) is 0 Å². The van der Waals surface area contributed by atoms with Crippen LogP contribution in [-0.2, 0) is 9.53 Å². The number of esters is 1. The molecule has 0 saturated carbocycles. The van der Waals surface area contributed by atoms with Crippen LogP contribution in [0.4, 0.5) is 0 Å². The van der Waals surface area contributed by atoms with E-state index in [1.807, 2.05) is 6.92 Å². The van der Waals surface area contributed by atoms with Gasteiger partial charge in [-0.25, -0.2) is 0 Å². The van der Waals surface area contributed by atoms with Crippen LogP contribution in [0.15, 0.2) is 0 Å². The summed E-state index contributed by atoms with van der Waals surface area (Å²) in [7, 11) is 0. The second kappa shape index (κ2) is 6.86. The van der Waals surface area contributed by atoms with Crippen LogP contribution >= 0.6 is 0 Å². The second-order valence-electron chi connectivity index (χ2n) is 4.49. The van der Waals surface area contributed by atoms with Crippen molar-refractivity contribution in [1.82, 2.24) is 4.90 Å². The van der Waals surface area contributed by atoms with E-state index in [1.165, 1.54) is 0 Å². The van der Waals surface area contributed by atoms with Crippen LogP contribution < -0.4 is 5.73 Å². The molecule has 0 aromatic rings. The highest BCUT2D eigenvalue weighted by Gasteiger charge is 2.27. The van der Waals surface area contributed by atoms with E-state index in [9.17, 15) is 4.79 Å². The lowest BCUT2D eigenvalue weighted by Gasteiger charge is -2.35. The van der Waals surface area contributed by atoms with Crippen molar-refractivity contribution in [3.8, 4) is 0 Å². The van der Waals surface area contributed by atoms with Crippen LogP contribution in [0.5, 0.6) is 0 Å². The summed E-state index contributed by atoms with van der Waals surface area (Å²) in [6.07, 6.45) is 2.88. The maximum Gasteiger partial charge on any atom is 0.309 e. The molecule has 0 aliphatic carbocycles. The molecule has 1 aliphatic heterocycles. The zero-order valence-electron chi connectivity index (χ0n) is 10.4. The zero-order chi connectivity index (χ0) is 12.0. The Morgan fingerprint density at radius 2 is 2.12 bits per heavy atom. The van der Waals surface area contributed by atoms with Crippen molar-refractivity contribution in [3.05, 3.63) is 0 Å². The Balaban J connectivity index is 2.30. The molecule has 0 spiro atoms. The molecule has 1 rings (SSSR count). The average Bonchev–Trinajstić information content (AvgIpc) is 2.30. The van der Waals surface area contributed by atoms with Gasteiger partial charge in [0.1, 0.15) is 0 Å². The third-order valence-electron chi connectivity index (χ3n) is 3.36. The topological polar surface area (TPSA) is 55.6 Å². The Kier molecular flexibility index (Phi) is 5.77. The zero-order valence-corrected chi connectivity index (χ0v) is 10.4. The number of nitrogens with zero attached hydrogens (tertiary/aromatic N) is 1. The maximum atomic E-state index is 11.5. The third kappa shape index (κ3) is 3.76. The van der Waals surface area contributed by atoms with Gasteiger partial charge in [0.05, 0.1) is 12.5 Å². The molecular weight excluding hydrogens is 204 g/mol. The molecule has 4 heteroatoms. The van der Waals surface area contributed by atoms with Gasteiger partial charge in [0, 0.05) is 6.04 Å². The van der Waals surface area contributed by atoms with Crippen molar-refractivity contribution in [3.63, 3.8) is 0 Å². The summed E-state index contributed by atoms with van der Waals surface area (Å²) in [4.78, 5) is 14.0. The Morgan fingerprint density at radius 1 is 1.50 bits per heavy atom. The van der Waals surface area contributed by atoms with Gasteiger partial charge < -0.3 is 15.4 Å². The molecule has 0 aromatic carbocycles. The van der Waals surface area contributed by atoms with E-state index < -0.39 is 0 Å². The van der Waals surface area contributed by atoms with Crippen molar-refractivity contribution < 1.29 is 9.53 Å². The van der Waals surface area contributed by atoms with E-state index >= 15 is 0 Å². The van der Waals surface area contributed by atoms with Gasteiger partial charge in [-0.3, -0.25) is 4.79 Å². The van der Waals surface area contributed by atoms with Crippen LogP contribution in [0, 0.1) is 5.92 Å². The molecular formula is C12H24N2O2. The Hall–Kier alpha value is -0.610. The summed E-state index contributed by atoms with van der Waals surface area (Å²) in [6, 6.07) is 0.535. The number of carbonyl (C=O) groups is 1. The summed E-state index contributed by atoms with van der Waals surface area (Å²) >= 11 is 0. The highest BCUT2D eigenvalue weighted by atomic mass is 16.5. The molecule has 0 bridgehead atoms. The Labute approximate surface area is 98.1 Å². The van der Waals surface area contributed by atoms with E-state index in [-0.39, 0.29) is 11.9 Å². The van der Waals surface area contributed by atoms with Gasteiger partial charge in [-0.15, -0.1) is 0 Å². The average molecular weight is 228 g/mol. The summed E-state index contributed by atoms with van der Waals surface area (Å²) in [5.41, 5.74) is 5.55. The van der Waals surface area contributed by atoms with Crippen LogP contribution in [0.3, 0.4) is 0 Å². The monoisotopic (exact) mass is 228 g/mol. The molecule has 1 aliphatic rings. The minimum absolute atomic E-state index is 0.0198. The minimum Gasteiger partial charge on any atom is -0.466 e. The lowest BCUT2D eigenvalue weighted by atomic mass is 9.95. The van der Waals surface area contributed by atoms with Crippen molar-refractivity contribution in [2.75, 3.05) is 26.2 Å². The summed E-state index contributed by atoms with van der Waals surface area (Å²) in [5.74, 6) is 0.0925. The largest absolute Gasteiger partial charge is 0.466 e. The highest BCUT2D eigenvalue weighted by Crippen LogP contribution is 2.20. The first-order valence-corrected chi connectivity index (χ1v) is 6.29. The van der Waals surface area contributed by atoms with Gasteiger partial charge in [-0.2, -0.15) is 0 Å².